The van der Waals surface area contributed by atoms with Crippen molar-refractivity contribution in [2.24, 2.45) is 0 Å². The number of nitrogens with zero attached hydrogens (tertiary/aromatic N) is 2. The standard InChI is InChI=1S/C20H27N3O2/c1-15-6-7-18(13-16(15)2)23-10-8-22(9-11-23)17(3)20(24)21-14-19-5-4-12-25-19/h4-7,12-13,17H,8-11,14H2,1-3H3,(H,21,24)/t17-/m1/s1. The molecule has 1 fully saturated rings. The zero-order chi connectivity index (χ0) is 17.8. The lowest BCUT2D eigenvalue weighted by molar-refractivity contribution is -0.126. The summed E-state index contributed by atoms with van der Waals surface area (Å²) < 4.78 is 5.26. The van der Waals surface area contributed by atoms with Gasteiger partial charge in [-0.15, -0.1) is 0 Å². The van der Waals surface area contributed by atoms with E-state index in [-0.39, 0.29) is 11.9 Å². The van der Waals surface area contributed by atoms with Crippen LogP contribution in [0.4, 0.5) is 5.69 Å². The van der Waals surface area contributed by atoms with E-state index in [1.807, 2.05) is 19.1 Å². The van der Waals surface area contributed by atoms with E-state index in [0.29, 0.717) is 6.54 Å². The monoisotopic (exact) mass is 341 g/mol. The SMILES string of the molecule is Cc1ccc(N2CCN([C@H](C)C(=O)NCc3ccco3)CC2)cc1C. The predicted molar refractivity (Wildman–Crippen MR) is 99.7 cm³/mol. The molecule has 1 atom stereocenters. The molecule has 0 unspecified atom stereocenters. The van der Waals surface area contributed by atoms with Crippen molar-refractivity contribution in [3.8, 4) is 0 Å². The molecule has 5 heteroatoms. The van der Waals surface area contributed by atoms with Crippen LogP contribution in [-0.4, -0.2) is 43.0 Å². The number of aryl methyl sites for hydroxylation is 2. The van der Waals surface area contributed by atoms with Gasteiger partial charge in [0.15, 0.2) is 0 Å². The first kappa shape index (κ1) is 17.5. The Morgan fingerprint density at radius 3 is 2.56 bits per heavy atom. The fourth-order valence-electron chi connectivity index (χ4n) is 3.19. The molecule has 134 valence electrons. The molecule has 2 heterocycles. The molecule has 1 aromatic heterocycles. The summed E-state index contributed by atoms with van der Waals surface area (Å²) in [6, 6.07) is 10.2. The van der Waals surface area contributed by atoms with Gasteiger partial charge in [-0.05, 0) is 56.2 Å². The van der Waals surface area contributed by atoms with Crippen molar-refractivity contribution in [3.63, 3.8) is 0 Å². The number of piperazine rings is 1. The molecule has 3 rings (SSSR count). The highest BCUT2D eigenvalue weighted by Crippen LogP contribution is 2.20. The fraction of sp³-hybridized carbons (Fsp3) is 0.450. The van der Waals surface area contributed by atoms with Gasteiger partial charge >= 0.3 is 0 Å². The first-order valence-corrected chi connectivity index (χ1v) is 8.91. The maximum absolute atomic E-state index is 12.4. The highest BCUT2D eigenvalue weighted by molar-refractivity contribution is 5.81. The number of amides is 1. The topological polar surface area (TPSA) is 48.7 Å². The summed E-state index contributed by atoms with van der Waals surface area (Å²) in [4.78, 5) is 17.0. The summed E-state index contributed by atoms with van der Waals surface area (Å²) in [6.07, 6.45) is 1.62. The second-order valence-electron chi connectivity index (χ2n) is 6.76. The quantitative estimate of drug-likeness (QED) is 0.908. The molecule has 0 saturated carbocycles. The summed E-state index contributed by atoms with van der Waals surface area (Å²) in [5.41, 5.74) is 3.92. The summed E-state index contributed by atoms with van der Waals surface area (Å²) in [5.74, 6) is 0.830. The van der Waals surface area contributed by atoms with E-state index < -0.39 is 0 Å². The molecule has 0 spiro atoms. The minimum atomic E-state index is -0.128. The van der Waals surface area contributed by atoms with Gasteiger partial charge in [-0.2, -0.15) is 0 Å². The van der Waals surface area contributed by atoms with Crippen LogP contribution in [0.25, 0.3) is 0 Å². The lowest BCUT2D eigenvalue weighted by atomic mass is 10.1. The molecule has 1 saturated heterocycles. The Bertz CT molecular complexity index is 704. The van der Waals surface area contributed by atoms with E-state index >= 15 is 0 Å². The van der Waals surface area contributed by atoms with Crippen LogP contribution in [0.1, 0.15) is 23.8 Å². The van der Waals surface area contributed by atoms with E-state index in [1.165, 1.54) is 16.8 Å². The number of hydrogen-bond acceptors (Lipinski definition) is 4. The number of benzene rings is 1. The van der Waals surface area contributed by atoms with Gasteiger partial charge in [0.2, 0.25) is 5.91 Å². The lowest BCUT2D eigenvalue weighted by Gasteiger charge is -2.38. The molecule has 25 heavy (non-hydrogen) atoms. The molecule has 1 N–H and O–H groups in total. The van der Waals surface area contributed by atoms with Crippen molar-refractivity contribution in [2.75, 3.05) is 31.1 Å². The third-order valence-corrected chi connectivity index (χ3v) is 5.11. The van der Waals surface area contributed by atoms with Crippen LogP contribution >= 0.6 is 0 Å². The zero-order valence-electron chi connectivity index (χ0n) is 15.3. The Hall–Kier alpha value is -2.27. The van der Waals surface area contributed by atoms with Gasteiger partial charge in [0.05, 0.1) is 18.8 Å². The van der Waals surface area contributed by atoms with E-state index in [2.05, 4.69) is 47.2 Å². The first-order valence-electron chi connectivity index (χ1n) is 8.91. The zero-order valence-corrected chi connectivity index (χ0v) is 15.3. The number of rotatable bonds is 5. The number of carbonyl (C=O) groups excluding carboxylic acids is 1. The molecule has 0 bridgehead atoms. The van der Waals surface area contributed by atoms with Crippen LogP contribution in [-0.2, 0) is 11.3 Å². The molecule has 1 aromatic carbocycles. The average molecular weight is 341 g/mol. The molecular weight excluding hydrogens is 314 g/mol. The maximum Gasteiger partial charge on any atom is 0.237 e. The van der Waals surface area contributed by atoms with Crippen molar-refractivity contribution < 1.29 is 9.21 Å². The molecule has 1 aliphatic heterocycles. The van der Waals surface area contributed by atoms with Crippen LogP contribution in [0.2, 0.25) is 0 Å². The highest BCUT2D eigenvalue weighted by atomic mass is 16.3. The third-order valence-electron chi connectivity index (χ3n) is 5.11. The minimum Gasteiger partial charge on any atom is -0.467 e. The Morgan fingerprint density at radius 1 is 1.16 bits per heavy atom. The largest absolute Gasteiger partial charge is 0.467 e. The highest BCUT2D eigenvalue weighted by Gasteiger charge is 2.25. The molecule has 5 nitrogen and oxygen atoms in total. The van der Waals surface area contributed by atoms with E-state index in [4.69, 9.17) is 4.42 Å². The van der Waals surface area contributed by atoms with E-state index in [1.54, 1.807) is 6.26 Å². The predicted octanol–water partition coefficient (Wildman–Crippen LogP) is 2.72. The van der Waals surface area contributed by atoms with Gasteiger partial charge in [0.25, 0.3) is 0 Å². The number of nitrogens with one attached hydrogen (secondary N) is 1. The van der Waals surface area contributed by atoms with Gasteiger partial charge in [0.1, 0.15) is 5.76 Å². The van der Waals surface area contributed by atoms with E-state index in [0.717, 1.165) is 31.9 Å². The normalized spacial score (nSPS) is 16.7. The number of carbonyl (C=O) groups is 1. The molecule has 1 aliphatic rings. The molecule has 0 aliphatic carbocycles. The van der Waals surface area contributed by atoms with Crippen molar-refractivity contribution in [3.05, 3.63) is 53.5 Å². The average Bonchev–Trinajstić information content (AvgIpc) is 3.15. The summed E-state index contributed by atoms with van der Waals surface area (Å²) in [5, 5.41) is 2.95. The second-order valence-corrected chi connectivity index (χ2v) is 6.76. The Morgan fingerprint density at radius 2 is 1.92 bits per heavy atom. The van der Waals surface area contributed by atoms with Crippen LogP contribution < -0.4 is 10.2 Å². The van der Waals surface area contributed by atoms with Gasteiger partial charge in [-0.1, -0.05) is 6.07 Å². The third kappa shape index (κ3) is 4.23. The summed E-state index contributed by atoms with van der Waals surface area (Å²) >= 11 is 0. The fourth-order valence-corrected chi connectivity index (χ4v) is 3.19. The molecule has 2 aromatic rings. The van der Waals surface area contributed by atoms with Crippen LogP contribution in [0.15, 0.2) is 41.0 Å². The van der Waals surface area contributed by atoms with E-state index in [9.17, 15) is 4.79 Å². The molecule has 1 amide bonds. The molecular formula is C20H27N3O2. The number of furan rings is 1. The number of anilines is 1. The first-order chi connectivity index (χ1) is 12.0. The van der Waals surface area contributed by atoms with Gasteiger partial charge in [-0.3, -0.25) is 9.69 Å². The van der Waals surface area contributed by atoms with Gasteiger partial charge < -0.3 is 14.6 Å². The van der Waals surface area contributed by atoms with Crippen LogP contribution in [0.5, 0.6) is 0 Å². The van der Waals surface area contributed by atoms with Crippen LogP contribution in [0, 0.1) is 13.8 Å². The molecule has 0 radical (unpaired) electrons. The second kappa shape index (κ2) is 7.74. The lowest BCUT2D eigenvalue weighted by Crippen LogP contribution is -2.53. The van der Waals surface area contributed by atoms with Crippen molar-refractivity contribution in [1.29, 1.82) is 0 Å². The van der Waals surface area contributed by atoms with Gasteiger partial charge in [0, 0.05) is 31.9 Å². The van der Waals surface area contributed by atoms with Crippen LogP contribution in [0.3, 0.4) is 0 Å². The summed E-state index contributed by atoms with van der Waals surface area (Å²) in [7, 11) is 0. The smallest absolute Gasteiger partial charge is 0.237 e. The van der Waals surface area contributed by atoms with Crippen molar-refractivity contribution in [2.45, 2.75) is 33.4 Å². The Labute approximate surface area is 149 Å². The van der Waals surface area contributed by atoms with Crippen molar-refractivity contribution in [1.82, 2.24) is 10.2 Å². The number of hydrogen-bond donors (Lipinski definition) is 1. The maximum atomic E-state index is 12.4. The Balaban J connectivity index is 1.50. The van der Waals surface area contributed by atoms with Gasteiger partial charge in [-0.25, -0.2) is 0 Å². The Kier molecular flexibility index (Phi) is 5.43. The summed E-state index contributed by atoms with van der Waals surface area (Å²) in [6.45, 7) is 10.4. The van der Waals surface area contributed by atoms with Crippen molar-refractivity contribution >= 4 is 11.6 Å². The minimum absolute atomic E-state index is 0.0519.